The Kier molecular flexibility index (Phi) is 7.75. The number of hydrogen-bond donors (Lipinski definition) is 1. The zero-order valence-corrected chi connectivity index (χ0v) is 18.4. The van der Waals surface area contributed by atoms with Crippen LogP contribution in [-0.2, 0) is 23.4 Å². The second kappa shape index (κ2) is 10.1. The number of aliphatic hydroxyl groups is 1. The first-order chi connectivity index (χ1) is 13.5. The largest absolute Gasteiger partial charge is 0.462 e. The van der Waals surface area contributed by atoms with Crippen LogP contribution in [0.15, 0.2) is 28.7 Å². The van der Waals surface area contributed by atoms with Gasteiger partial charge in [0.15, 0.2) is 0 Å². The molecule has 5 heteroatoms. The molecule has 4 nitrogen and oxygen atoms in total. The molecule has 1 aliphatic rings. The van der Waals surface area contributed by atoms with Gasteiger partial charge in [-0.25, -0.2) is 0 Å². The van der Waals surface area contributed by atoms with E-state index in [1.54, 1.807) is 0 Å². The van der Waals surface area contributed by atoms with Gasteiger partial charge in [0.25, 0.3) is 0 Å². The topological polar surface area (TPSA) is 45.8 Å². The maximum atomic E-state index is 11.1. The molecule has 3 rings (SSSR count). The standard InChI is InChI=1S/C23H35NO3S/c1-4-12-23(25,13-5-2)22-11-9-20(27-22)16-24(15-19-7-6-14-26-19)17-21-10-8-18(3)28-21/h8-11,19,25H,4-7,12-17H2,1-3H3/t19-/m1/s1. The Bertz CT molecular complexity index is 711. The second-order valence-corrected chi connectivity index (χ2v) is 9.49. The van der Waals surface area contributed by atoms with Crippen molar-refractivity contribution in [1.82, 2.24) is 4.90 Å². The number of hydrogen-bond acceptors (Lipinski definition) is 5. The first kappa shape index (κ1) is 21.6. The Balaban J connectivity index is 1.71. The number of nitrogens with zero attached hydrogens (tertiary/aromatic N) is 1. The van der Waals surface area contributed by atoms with Gasteiger partial charge in [-0.05, 0) is 56.9 Å². The van der Waals surface area contributed by atoms with Gasteiger partial charge in [-0.2, -0.15) is 0 Å². The summed E-state index contributed by atoms with van der Waals surface area (Å²) in [6.45, 7) is 9.81. The van der Waals surface area contributed by atoms with E-state index in [9.17, 15) is 5.11 Å². The van der Waals surface area contributed by atoms with Crippen LogP contribution >= 0.6 is 11.3 Å². The third kappa shape index (κ3) is 5.69. The van der Waals surface area contributed by atoms with Crippen molar-refractivity contribution < 1.29 is 14.3 Å². The van der Waals surface area contributed by atoms with Gasteiger partial charge < -0.3 is 14.3 Å². The molecule has 0 amide bonds. The summed E-state index contributed by atoms with van der Waals surface area (Å²) in [6, 6.07) is 8.41. The van der Waals surface area contributed by atoms with Gasteiger partial charge in [0.1, 0.15) is 17.1 Å². The molecular weight excluding hydrogens is 370 g/mol. The third-order valence-electron chi connectivity index (χ3n) is 5.49. The van der Waals surface area contributed by atoms with Crippen molar-refractivity contribution in [3.63, 3.8) is 0 Å². The minimum Gasteiger partial charge on any atom is -0.462 e. The molecule has 0 bridgehead atoms. The number of rotatable bonds is 11. The fourth-order valence-corrected chi connectivity index (χ4v) is 5.12. The van der Waals surface area contributed by atoms with Crippen LogP contribution in [-0.4, -0.2) is 29.3 Å². The van der Waals surface area contributed by atoms with Crippen LogP contribution in [0.5, 0.6) is 0 Å². The van der Waals surface area contributed by atoms with Crippen molar-refractivity contribution in [3.05, 3.63) is 45.5 Å². The van der Waals surface area contributed by atoms with Crippen molar-refractivity contribution in [3.8, 4) is 0 Å². The van der Waals surface area contributed by atoms with Crippen LogP contribution in [0.4, 0.5) is 0 Å². The lowest BCUT2D eigenvalue weighted by Gasteiger charge is -2.26. The predicted octanol–water partition coefficient (Wildman–Crippen LogP) is 5.62. The van der Waals surface area contributed by atoms with Crippen LogP contribution in [0.25, 0.3) is 0 Å². The normalized spacial score (nSPS) is 17.7. The number of thiophene rings is 1. The molecule has 1 aliphatic heterocycles. The van der Waals surface area contributed by atoms with Crippen LogP contribution < -0.4 is 0 Å². The van der Waals surface area contributed by atoms with E-state index in [4.69, 9.17) is 9.15 Å². The number of furan rings is 1. The van der Waals surface area contributed by atoms with E-state index in [1.807, 2.05) is 23.5 Å². The molecule has 0 aliphatic carbocycles. The fourth-order valence-electron chi connectivity index (χ4n) is 4.18. The molecule has 0 radical (unpaired) electrons. The Hall–Kier alpha value is -1.14. The van der Waals surface area contributed by atoms with Gasteiger partial charge in [0.2, 0.25) is 0 Å². The van der Waals surface area contributed by atoms with Crippen LogP contribution in [0.1, 0.15) is 73.6 Å². The first-order valence-corrected chi connectivity index (χ1v) is 11.5. The summed E-state index contributed by atoms with van der Waals surface area (Å²) in [5, 5.41) is 11.1. The molecule has 2 aromatic rings. The molecule has 1 saturated heterocycles. The Morgan fingerprint density at radius 1 is 1.14 bits per heavy atom. The highest BCUT2D eigenvalue weighted by Crippen LogP contribution is 2.33. The third-order valence-corrected chi connectivity index (χ3v) is 6.47. The molecule has 1 N–H and O–H groups in total. The van der Waals surface area contributed by atoms with Gasteiger partial charge in [0.05, 0.1) is 12.6 Å². The highest BCUT2D eigenvalue weighted by Gasteiger charge is 2.31. The molecule has 0 unspecified atom stereocenters. The summed E-state index contributed by atoms with van der Waals surface area (Å²) >= 11 is 1.85. The molecular formula is C23H35NO3S. The van der Waals surface area contributed by atoms with Crippen molar-refractivity contribution in [2.24, 2.45) is 0 Å². The molecule has 1 fully saturated rings. The van der Waals surface area contributed by atoms with Gasteiger partial charge in [0, 0.05) is 29.5 Å². The lowest BCUT2D eigenvalue weighted by atomic mass is 9.90. The minimum absolute atomic E-state index is 0.313. The molecule has 28 heavy (non-hydrogen) atoms. The summed E-state index contributed by atoms with van der Waals surface area (Å²) < 4.78 is 12.0. The molecule has 156 valence electrons. The molecule has 1 atom stereocenters. The number of ether oxygens (including phenoxy) is 1. The van der Waals surface area contributed by atoms with Crippen molar-refractivity contribution >= 4 is 11.3 Å². The molecule has 2 aromatic heterocycles. The van der Waals surface area contributed by atoms with Crippen molar-refractivity contribution in [1.29, 1.82) is 0 Å². The summed E-state index contributed by atoms with van der Waals surface area (Å²) in [5.74, 6) is 1.64. The average molecular weight is 406 g/mol. The molecule has 0 aromatic carbocycles. The lowest BCUT2D eigenvalue weighted by Crippen LogP contribution is -2.31. The molecule has 0 saturated carbocycles. The number of aryl methyl sites for hydroxylation is 1. The average Bonchev–Trinajstić information content (AvgIpc) is 3.39. The van der Waals surface area contributed by atoms with Crippen molar-refractivity contribution in [2.45, 2.75) is 84.1 Å². The summed E-state index contributed by atoms with van der Waals surface area (Å²) in [5.41, 5.74) is -0.841. The molecule has 0 spiro atoms. The van der Waals surface area contributed by atoms with E-state index in [2.05, 4.69) is 37.8 Å². The highest BCUT2D eigenvalue weighted by atomic mass is 32.1. The minimum atomic E-state index is -0.841. The Morgan fingerprint density at radius 3 is 2.54 bits per heavy atom. The predicted molar refractivity (Wildman–Crippen MR) is 115 cm³/mol. The van der Waals surface area contributed by atoms with Crippen LogP contribution in [0, 0.1) is 6.92 Å². The van der Waals surface area contributed by atoms with E-state index in [-0.39, 0.29) is 0 Å². The first-order valence-electron chi connectivity index (χ1n) is 10.7. The molecule has 3 heterocycles. The van der Waals surface area contributed by atoms with E-state index >= 15 is 0 Å². The van der Waals surface area contributed by atoms with E-state index in [0.29, 0.717) is 6.10 Å². The maximum Gasteiger partial charge on any atom is 0.135 e. The van der Waals surface area contributed by atoms with Gasteiger partial charge in [-0.15, -0.1) is 11.3 Å². The smallest absolute Gasteiger partial charge is 0.135 e. The Labute approximate surface area is 173 Å². The monoisotopic (exact) mass is 405 g/mol. The zero-order valence-electron chi connectivity index (χ0n) is 17.6. The van der Waals surface area contributed by atoms with E-state index in [1.165, 1.54) is 9.75 Å². The van der Waals surface area contributed by atoms with E-state index < -0.39 is 5.60 Å². The fraction of sp³-hybridized carbons (Fsp3) is 0.652. The quantitative estimate of drug-likeness (QED) is 0.527. The second-order valence-electron chi connectivity index (χ2n) is 8.11. The maximum absolute atomic E-state index is 11.1. The summed E-state index contributed by atoms with van der Waals surface area (Å²) in [6.07, 6.45) is 5.96. The lowest BCUT2D eigenvalue weighted by molar-refractivity contribution is -0.00563. The van der Waals surface area contributed by atoms with Gasteiger partial charge >= 0.3 is 0 Å². The zero-order chi connectivity index (χ0) is 20.0. The Morgan fingerprint density at radius 2 is 1.93 bits per heavy atom. The van der Waals surface area contributed by atoms with Crippen LogP contribution in [0.2, 0.25) is 0 Å². The SMILES string of the molecule is CCCC(O)(CCC)c1ccc(CN(Cc2ccc(C)s2)C[C@H]2CCCO2)o1. The summed E-state index contributed by atoms with van der Waals surface area (Å²) in [7, 11) is 0. The van der Waals surface area contributed by atoms with E-state index in [0.717, 1.165) is 76.3 Å². The van der Waals surface area contributed by atoms with Crippen molar-refractivity contribution in [2.75, 3.05) is 13.2 Å². The van der Waals surface area contributed by atoms with Crippen LogP contribution in [0.3, 0.4) is 0 Å². The van der Waals surface area contributed by atoms with Gasteiger partial charge in [-0.1, -0.05) is 26.7 Å². The van der Waals surface area contributed by atoms with Gasteiger partial charge in [-0.3, -0.25) is 4.90 Å². The summed E-state index contributed by atoms with van der Waals surface area (Å²) in [4.78, 5) is 5.13. The highest BCUT2D eigenvalue weighted by molar-refractivity contribution is 7.11.